The first-order valence-electron chi connectivity index (χ1n) is 3.83. The van der Waals surface area contributed by atoms with Gasteiger partial charge >= 0.3 is 0 Å². The first-order chi connectivity index (χ1) is 4.95. The number of nitrogens with one attached hydrogen (secondary N) is 1. The van der Waals surface area contributed by atoms with Crippen LogP contribution in [-0.2, 0) is 0 Å². The first kappa shape index (κ1) is 10.2. The quantitative estimate of drug-likeness (QED) is 0.462. The van der Waals surface area contributed by atoms with Crippen LogP contribution in [0.3, 0.4) is 0 Å². The third-order valence-electron chi connectivity index (χ3n) is 1.66. The van der Waals surface area contributed by atoms with Crippen LogP contribution in [0.15, 0.2) is 22.8 Å². The fraction of sp³-hybridized carbons (Fsp3) is 0.500. The van der Waals surface area contributed by atoms with Crippen molar-refractivity contribution < 1.29 is 0 Å². The molecule has 1 nitrogen and oxygen atoms in total. The highest BCUT2D eigenvalue weighted by Crippen LogP contribution is 2.08. The van der Waals surface area contributed by atoms with E-state index in [2.05, 4.69) is 19.9 Å². The number of hydrogen-bond acceptors (Lipinski definition) is 1. The van der Waals surface area contributed by atoms with Gasteiger partial charge < -0.3 is 5.41 Å². The Kier molecular flexibility index (Phi) is 3.80. The van der Waals surface area contributed by atoms with Crippen molar-refractivity contribution in [1.82, 2.24) is 0 Å². The maximum atomic E-state index is 7.39. The molecular weight excluding hydrogens is 134 g/mol. The number of hydrogen-bond donors (Lipinski definition) is 1. The van der Waals surface area contributed by atoms with E-state index in [-0.39, 0.29) is 0 Å². The predicted molar refractivity (Wildman–Crippen MR) is 51.2 cm³/mol. The van der Waals surface area contributed by atoms with E-state index < -0.39 is 0 Å². The molecule has 0 aliphatic heterocycles. The van der Waals surface area contributed by atoms with E-state index >= 15 is 0 Å². The Bertz CT molecular complexity index is 215. The third-order valence-corrected chi connectivity index (χ3v) is 1.66. The molecule has 0 aromatic rings. The molecule has 1 N–H and O–H groups in total. The summed E-state index contributed by atoms with van der Waals surface area (Å²) in [5.74, 6) is 0. The largest absolute Gasteiger partial charge is 0.305 e. The van der Waals surface area contributed by atoms with E-state index in [1.54, 1.807) is 0 Å². The second-order valence-electron chi connectivity index (χ2n) is 3.15. The summed E-state index contributed by atoms with van der Waals surface area (Å²) >= 11 is 0. The van der Waals surface area contributed by atoms with Crippen LogP contribution in [0.2, 0.25) is 0 Å². The van der Waals surface area contributed by atoms with Gasteiger partial charge in [-0.1, -0.05) is 11.6 Å². The molecule has 0 bridgehead atoms. The normalized spacial score (nSPS) is 12.1. The summed E-state index contributed by atoms with van der Waals surface area (Å²) < 4.78 is 0. The van der Waals surface area contributed by atoms with Crippen molar-refractivity contribution in [3.63, 3.8) is 0 Å². The molecule has 0 spiro atoms. The molecule has 0 aliphatic rings. The first-order valence-corrected chi connectivity index (χ1v) is 3.83. The van der Waals surface area contributed by atoms with Gasteiger partial charge in [-0.25, -0.2) is 0 Å². The minimum atomic E-state index is 0.653. The summed E-state index contributed by atoms with van der Waals surface area (Å²) in [4.78, 5) is 0. The lowest BCUT2D eigenvalue weighted by Gasteiger charge is -2.01. The molecule has 0 saturated heterocycles. The van der Waals surface area contributed by atoms with Gasteiger partial charge in [0.1, 0.15) is 0 Å². The van der Waals surface area contributed by atoms with E-state index in [9.17, 15) is 0 Å². The Hall–Kier alpha value is -0.850. The van der Waals surface area contributed by atoms with Gasteiger partial charge in [-0.2, -0.15) is 0 Å². The highest BCUT2D eigenvalue weighted by Gasteiger charge is 1.95. The molecule has 0 fully saturated rings. The fourth-order valence-corrected chi connectivity index (χ4v) is 0.837. The average molecular weight is 151 g/mol. The molecule has 0 aromatic carbocycles. The molecule has 11 heavy (non-hydrogen) atoms. The molecule has 0 aliphatic carbocycles. The lowest BCUT2D eigenvalue weighted by molar-refractivity contribution is 1.30. The van der Waals surface area contributed by atoms with Crippen LogP contribution in [0.4, 0.5) is 0 Å². The van der Waals surface area contributed by atoms with Gasteiger partial charge in [-0.05, 0) is 45.8 Å². The second-order valence-corrected chi connectivity index (χ2v) is 3.15. The van der Waals surface area contributed by atoms with Crippen molar-refractivity contribution in [3.8, 4) is 0 Å². The van der Waals surface area contributed by atoms with Crippen LogP contribution in [0.1, 0.15) is 34.6 Å². The minimum Gasteiger partial charge on any atom is -0.305 e. The average Bonchev–Trinajstić information content (AvgIpc) is 1.84. The van der Waals surface area contributed by atoms with E-state index in [1.165, 1.54) is 11.1 Å². The summed E-state index contributed by atoms with van der Waals surface area (Å²) in [5.41, 5.74) is 4.20. The summed E-state index contributed by atoms with van der Waals surface area (Å²) in [6.07, 6.45) is 2.10. The van der Waals surface area contributed by atoms with Crippen molar-refractivity contribution in [3.05, 3.63) is 22.8 Å². The number of allylic oxidation sites excluding steroid dienone is 4. The summed E-state index contributed by atoms with van der Waals surface area (Å²) in [6, 6.07) is 0. The maximum absolute atomic E-state index is 7.39. The van der Waals surface area contributed by atoms with Crippen molar-refractivity contribution in [2.45, 2.75) is 34.6 Å². The summed E-state index contributed by atoms with van der Waals surface area (Å²) in [6.45, 7) is 9.97. The zero-order valence-corrected chi connectivity index (χ0v) is 8.08. The molecule has 0 rings (SSSR count). The molecule has 0 atom stereocenters. The van der Waals surface area contributed by atoms with Gasteiger partial charge in [-0.3, -0.25) is 0 Å². The molecule has 62 valence electrons. The Morgan fingerprint density at radius 2 is 1.45 bits per heavy atom. The van der Waals surface area contributed by atoms with Crippen molar-refractivity contribution in [2.24, 2.45) is 0 Å². The predicted octanol–water partition coefficient (Wildman–Crippen LogP) is 3.33. The minimum absolute atomic E-state index is 0.653. The van der Waals surface area contributed by atoms with Crippen LogP contribution in [0, 0.1) is 5.41 Å². The van der Waals surface area contributed by atoms with Gasteiger partial charge in [-0.15, -0.1) is 0 Å². The highest BCUT2D eigenvalue weighted by atomic mass is 14.4. The van der Waals surface area contributed by atoms with Crippen LogP contribution in [-0.4, -0.2) is 5.71 Å². The lowest BCUT2D eigenvalue weighted by Crippen LogP contribution is -1.93. The second kappa shape index (κ2) is 4.12. The van der Waals surface area contributed by atoms with E-state index in [0.29, 0.717) is 5.71 Å². The molecule has 1 heteroatoms. The Labute approximate surface area is 69.3 Å². The topological polar surface area (TPSA) is 23.9 Å². The Morgan fingerprint density at radius 3 is 1.73 bits per heavy atom. The van der Waals surface area contributed by atoms with Crippen LogP contribution < -0.4 is 0 Å². The van der Waals surface area contributed by atoms with Crippen LogP contribution >= 0.6 is 0 Å². The maximum Gasteiger partial charge on any atom is 0.0314 e. The van der Waals surface area contributed by atoms with Crippen molar-refractivity contribution in [1.29, 1.82) is 5.41 Å². The van der Waals surface area contributed by atoms with Gasteiger partial charge in [0.2, 0.25) is 0 Å². The zero-order valence-electron chi connectivity index (χ0n) is 8.08. The van der Waals surface area contributed by atoms with Crippen LogP contribution in [0.5, 0.6) is 0 Å². The Morgan fingerprint density at radius 1 is 1.00 bits per heavy atom. The highest BCUT2D eigenvalue weighted by molar-refractivity contribution is 5.96. The summed E-state index contributed by atoms with van der Waals surface area (Å²) in [5, 5.41) is 7.39. The van der Waals surface area contributed by atoms with Crippen molar-refractivity contribution >= 4 is 5.71 Å². The lowest BCUT2D eigenvalue weighted by atomic mass is 10.1. The third kappa shape index (κ3) is 3.76. The summed E-state index contributed by atoms with van der Waals surface area (Å²) in [7, 11) is 0. The SMILES string of the molecule is CC(=N)/C(C)=C(/C)C=C(C)C. The fourth-order valence-electron chi connectivity index (χ4n) is 0.837. The zero-order chi connectivity index (χ0) is 9.02. The molecule has 0 amide bonds. The van der Waals surface area contributed by atoms with E-state index in [1.807, 2.05) is 20.8 Å². The molecule has 0 saturated carbocycles. The molecule has 0 aromatic heterocycles. The molecule has 0 heterocycles. The molecular formula is C10H17N. The van der Waals surface area contributed by atoms with E-state index in [0.717, 1.165) is 5.57 Å². The smallest absolute Gasteiger partial charge is 0.0314 e. The van der Waals surface area contributed by atoms with Gasteiger partial charge in [0, 0.05) is 5.71 Å². The van der Waals surface area contributed by atoms with Crippen molar-refractivity contribution in [2.75, 3.05) is 0 Å². The van der Waals surface area contributed by atoms with Gasteiger partial charge in [0.05, 0.1) is 0 Å². The number of rotatable bonds is 2. The van der Waals surface area contributed by atoms with Crippen LogP contribution in [0.25, 0.3) is 0 Å². The monoisotopic (exact) mass is 151 g/mol. The molecule has 0 unspecified atom stereocenters. The van der Waals surface area contributed by atoms with E-state index in [4.69, 9.17) is 5.41 Å². The van der Waals surface area contributed by atoms with Gasteiger partial charge in [0.25, 0.3) is 0 Å². The Balaban J connectivity index is 4.68. The molecule has 0 radical (unpaired) electrons. The van der Waals surface area contributed by atoms with Gasteiger partial charge in [0.15, 0.2) is 0 Å². The standard InChI is InChI=1S/C10H17N/c1-7(2)6-8(3)9(4)10(5)11/h6,11H,1-5H3/b9-8-,11-10?.